The van der Waals surface area contributed by atoms with Gasteiger partial charge in [-0.05, 0) is 75.2 Å². The molecule has 2 atom stereocenters. The number of ether oxygens (including phenoxy) is 1. The zero-order valence-corrected chi connectivity index (χ0v) is 21.4. The molecule has 3 rings (SSSR count). The van der Waals surface area contributed by atoms with E-state index in [2.05, 4.69) is 11.0 Å². The molecule has 1 aliphatic rings. The van der Waals surface area contributed by atoms with Crippen LogP contribution in [0.25, 0.3) is 0 Å². The van der Waals surface area contributed by atoms with E-state index in [4.69, 9.17) is 39.4 Å². The quantitative estimate of drug-likeness (QED) is 0.343. The lowest BCUT2D eigenvalue weighted by Crippen LogP contribution is -2.39. The maximum Gasteiger partial charge on any atom is 0.253 e. The molecule has 34 heavy (non-hydrogen) atoms. The Hall–Kier alpha value is -2.36. The van der Waals surface area contributed by atoms with E-state index in [0.29, 0.717) is 12.1 Å². The van der Waals surface area contributed by atoms with Gasteiger partial charge >= 0.3 is 0 Å². The third-order valence-electron chi connectivity index (χ3n) is 4.90. The van der Waals surface area contributed by atoms with Gasteiger partial charge in [-0.25, -0.2) is 0 Å². The van der Waals surface area contributed by atoms with Crippen LogP contribution >= 0.6 is 11.8 Å². The molecule has 0 saturated carbocycles. The Bertz CT molecular complexity index is 838. The molecular weight excluding hydrogens is 452 g/mol. The first-order valence-electron chi connectivity index (χ1n) is 11.4. The molecule has 0 bridgehead atoms. The Labute approximate surface area is 209 Å². The zero-order chi connectivity index (χ0) is 25.5. The number of nitrogens with zero attached hydrogens (tertiary/aromatic N) is 2. The summed E-state index contributed by atoms with van der Waals surface area (Å²) in [6.07, 6.45) is 3.87. The van der Waals surface area contributed by atoms with Gasteiger partial charge in [-0.1, -0.05) is 24.3 Å². The Morgan fingerprint density at radius 3 is 1.82 bits per heavy atom. The fourth-order valence-corrected chi connectivity index (χ4v) is 3.48. The van der Waals surface area contributed by atoms with Crippen LogP contribution in [0.5, 0.6) is 0 Å². The molecule has 0 unspecified atom stereocenters. The van der Waals surface area contributed by atoms with Crippen LogP contribution in [-0.2, 0) is 22.4 Å². The van der Waals surface area contributed by atoms with Crippen LogP contribution in [0.1, 0.15) is 24.0 Å². The molecule has 0 aliphatic carbocycles. The first-order chi connectivity index (χ1) is 16.1. The molecule has 0 spiro atoms. The van der Waals surface area contributed by atoms with Crippen LogP contribution in [0.4, 0.5) is 11.4 Å². The largest absolute Gasteiger partial charge is 0.399 e. The van der Waals surface area contributed by atoms with Gasteiger partial charge in [0.2, 0.25) is 0 Å². The molecule has 0 radical (unpaired) electrons. The number of carbonyl (C=O) groups excluding carboxylic acids is 1. The van der Waals surface area contributed by atoms with E-state index < -0.39 is 6.04 Å². The second kappa shape index (κ2) is 16.3. The molecule has 2 aromatic rings. The van der Waals surface area contributed by atoms with Crippen LogP contribution in [0.2, 0.25) is 0 Å². The highest BCUT2D eigenvalue weighted by molar-refractivity contribution is 6.21. The summed E-state index contributed by atoms with van der Waals surface area (Å²) in [4.78, 5) is 13.5. The molecule has 1 amide bonds. The van der Waals surface area contributed by atoms with Crippen molar-refractivity contribution in [2.24, 2.45) is 11.5 Å². The highest BCUT2D eigenvalue weighted by Gasteiger charge is 2.17. The summed E-state index contributed by atoms with van der Waals surface area (Å²) in [6, 6.07) is 14.7. The summed E-state index contributed by atoms with van der Waals surface area (Å²) >= 11 is 5.50. The predicted molar refractivity (Wildman–Crippen MR) is 142 cm³/mol. The maximum atomic E-state index is 11.4. The van der Waals surface area contributed by atoms with Crippen LogP contribution in [0.15, 0.2) is 48.5 Å². The normalized spacial score (nSPS) is 14.3. The summed E-state index contributed by atoms with van der Waals surface area (Å²) in [5.41, 5.74) is 26.5. The summed E-state index contributed by atoms with van der Waals surface area (Å²) < 4.78 is 5.91. The summed E-state index contributed by atoms with van der Waals surface area (Å²) in [5.74, 6) is -0.306. The van der Waals surface area contributed by atoms with Crippen molar-refractivity contribution >= 4 is 29.1 Å². The number of hydrogen-bond acceptors (Lipinski definition) is 7. The summed E-state index contributed by atoms with van der Waals surface area (Å²) in [6.45, 7) is 2.90. The van der Waals surface area contributed by atoms with Crippen LogP contribution in [-0.4, -0.2) is 68.2 Å². The topological polar surface area (TPSA) is 137 Å². The first kappa shape index (κ1) is 29.7. The van der Waals surface area contributed by atoms with Gasteiger partial charge in [0.1, 0.15) is 0 Å². The fourth-order valence-electron chi connectivity index (χ4n) is 3.36. The minimum atomic E-state index is -0.630. The van der Waals surface area contributed by atoms with Gasteiger partial charge in [0, 0.05) is 56.0 Å². The third kappa shape index (κ3) is 13.4. The molecule has 1 fully saturated rings. The zero-order valence-electron chi connectivity index (χ0n) is 20.6. The van der Waals surface area contributed by atoms with E-state index in [0.717, 1.165) is 41.8 Å². The molecule has 190 valence electrons. The van der Waals surface area contributed by atoms with Crippen molar-refractivity contribution in [3.05, 3.63) is 59.7 Å². The number of anilines is 2. The van der Waals surface area contributed by atoms with Crippen molar-refractivity contribution in [3.63, 3.8) is 0 Å². The highest BCUT2D eigenvalue weighted by Crippen LogP contribution is 2.10. The summed E-state index contributed by atoms with van der Waals surface area (Å²) in [5, 5.41) is 0. The lowest BCUT2D eigenvalue weighted by atomic mass is 10.1. The molecule has 1 heterocycles. The standard InChI is InChI=1S/C11H19N3.C10H14ClN3O.C4H8O/c1-14(2)8-11(13)7-9-4-3-5-10(12)6-9;1-14(11)10(15)9(13)6-7-3-2-4-8(12)5-7;1-2-4-5-3-1/h3-6,11H,7-8,12-13H2,1-2H3;2-5,9H,6,12-13H2,1H3;1-4H2/t11-;9-;/m00./s1. The summed E-state index contributed by atoms with van der Waals surface area (Å²) in [7, 11) is 5.52. The van der Waals surface area contributed by atoms with Crippen LogP contribution in [0.3, 0.4) is 0 Å². The lowest BCUT2D eigenvalue weighted by Gasteiger charge is -2.16. The van der Waals surface area contributed by atoms with Gasteiger partial charge < -0.3 is 32.6 Å². The van der Waals surface area contributed by atoms with E-state index in [-0.39, 0.29) is 11.9 Å². The first-order valence-corrected chi connectivity index (χ1v) is 11.8. The second-order valence-corrected chi connectivity index (χ2v) is 9.17. The molecule has 1 aliphatic heterocycles. The maximum absolute atomic E-state index is 11.4. The number of benzene rings is 2. The minimum Gasteiger partial charge on any atom is -0.399 e. The molecule has 2 aromatic carbocycles. The van der Waals surface area contributed by atoms with Gasteiger partial charge in [0.15, 0.2) is 0 Å². The fraction of sp³-hybridized carbons (Fsp3) is 0.480. The van der Waals surface area contributed by atoms with Crippen molar-refractivity contribution in [2.45, 2.75) is 37.8 Å². The second-order valence-electron chi connectivity index (χ2n) is 8.66. The van der Waals surface area contributed by atoms with Crippen molar-refractivity contribution in [3.8, 4) is 0 Å². The van der Waals surface area contributed by atoms with E-state index in [9.17, 15) is 4.79 Å². The Morgan fingerprint density at radius 2 is 1.44 bits per heavy atom. The Kier molecular flexibility index (Phi) is 14.2. The SMILES string of the molecule is C1CCOC1.CN(C)C[C@@H](N)Cc1cccc(N)c1.CN(Cl)C(=O)[C@@H](N)Cc1cccc(N)c1. The van der Waals surface area contributed by atoms with Crippen LogP contribution < -0.4 is 22.9 Å². The Morgan fingerprint density at radius 1 is 0.941 bits per heavy atom. The van der Waals surface area contributed by atoms with E-state index >= 15 is 0 Å². The monoisotopic (exact) mass is 492 g/mol. The average Bonchev–Trinajstić information content (AvgIpc) is 3.33. The van der Waals surface area contributed by atoms with Gasteiger partial charge in [0.05, 0.1) is 6.04 Å². The third-order valence-corrected chi connectivity index (χ3v) is 5.07. The van der Waals surface area contributed by atoms with E-state index in [1.54, 1.807) is 12.1 Å². The number of amides is 1. The number of rotatable bonds is 7. The van der Waals surface area contributed by atoms with E-state index in [1.165, 1.54) is 25.5 Å². The number of nitrogen functional groups attached to an aromatic ring is 2. The lowest BCUT2D eigenvalue weighted by molar-refractivity contribution is -0.127. The smallest absolute Gasteiger partial charge is 0.253 e. The molecule has 8 N–H and O–H groups in total. The predicted octanol–water partition coefficient (Wildman–Crippen LogP) is 2.25. The number of nitrogens with two attached hydrogens (primary N) is 4. The van der Waals surface area contributed by atoms with Crippen LogP contribution in [0, 0.1) is 0 Å². The van der Waals surface area contributed by atoms with Gasteiger partial charge in [0.25, 0.3) is 5.91 Å². The number of carbonyl (C=O) groups is 1. The Balaban J connectivity index is 0.000000283. The van der Waals surface area contributed by atoms with E-state index in [1.807, 2.05) is 44.4 Å². The number of likely N-dealkylation sites (N-methyl/N-ethyl adjacent to an activating group) is 2. The van der Waals surface area contributed by atoms with Crippen molar-refractivity contribution in [1.82, 2.24) is 9.32 Å². The molecule has 9 heteroatoms. The number of hydrogen-bond donors (Lipinski definition) is 4. The van der Waals surface area contributed by atoms with Gasteiger partial charge in [-0.2, -0.15) is 0 Å². The van der Waals surface area contributed by atoms with Crippen molar-refractivity contribution in [1.29, 1.82) is 0 Å². The molecule has 8 nitrogen and oxygen atoms in total. The van der Waals surface area contributed by atoms with Crippen molar-refractivity contribution in [2.75, 3.05) is 52.4 Å². The number of halogens is 1. The average molecular weight is 493 g/mol. The van der Waals surface area contributed by atoms with Gasteiger partial charge in [-0.15, -0.1) is 0 Å². The van der Waals surface area contributed by atoms with Gasteiger partial charge in [-0.3, -0.25) is 9.21 Å². The minimum absolute atomic E-state index is 0.173. The molecule has 0 aromatic heterocycles. The molecule has 1 saturated heterocycles. The van der Waals surface area contributed by atoms with Crippen molar-refractivity contribution < 1.29 is 9.53 Å². The molecular formula is C25H41ClN6O2. The highest BCUT2D eigenvalue weighted by atomic mass is 35.5.